The molecule has 4 rings (SSSR count). The van der Waals surface area contributed by atoms with Gasteiger partial charge in [0.05, 0.1) is 0 Å². The number of benzene rings is 4. The Morgan fingerprint density at radius 1 is 0.481 bits per heavy atom. The first kappa shape index (κ1) is 18.0. The van der Waals surface area contributed by atoms with Crippen LogP contribution in [0.2, 0.25) is 0 Å². The summed E-state index contributed by atoms with van der Waals surface area (Å²) >= 11 is 7.14. The summed E-state index contributed by atoms with van der Waals surface area (Å²) in [5.41, 5.74) is 4.35. The first-order chi connectivity index (χ1) is 13.2. The molecule has 0 N–H and O–H groups in total. The quantitative estimate of drug-likeness (QED) is 0.285. The van der Waals surface area contributed by atoms with E-state index in [4.69, 9.17) is 4.74 Å². The maximum Gasteiger partial charge on any atom is 0.136 e. The Labute approximate surface area is 175 Å². The fourth-order valence-corrected chi connectivity index (χ4v) is 3.67. The van der Waals surface area contributed by atoms with Crippen LogP contribution in [0.3, 0.4) is 0 Å². The van der Waals surface area contributed by atoms with Crippen molar-refractivity contribution in [1.29, 1.82) is 0 Å². The number of ether oxygens (including phenoxy) is 1. The van der Waals surface area contributed by atoms with Gasteiger partial charge in [0.1, 0.15) is 11.5 Å². The summed E-state index contributed by atoms with van der Waals surface area (Å²) in [6.07, 6.45) is 0. The molecule has 0 aliphatic carbocycles. The third-order valence-electron chi connectivity index (χ3n) is 4.28. The van der Waals surface area contributed by atoms with Crippen LogP contribution >= 0.6 is 31.9 Å². The van der Waals surface area contributed by atoms with Gasteiger partial charge >= 0.3 is 0 Å². The Kier molecular flexibility index (Phi) is 5.42. The van der Waals surface area contributed by atoms with E-state index in [2.05, 4.69) is 68.3 Å². The van der Waals surface area contributed by atoms with Crippen LogP contribution in [-0.4, -0.2) is 0 Å². The molecule has 0 unspecified atom stereocenters. The van der Waals surface area contributed by atoms with E-state index < -0.39 is 0 Å². The average molecular weight is 480 g/mol. The summed E-state index contributed by atoms with van der Waals surface area (Å²) in [7, 11) is 0. The molecule has 0 aromatic heterocycles. The van der Waals surface area contributed by atoms with Crippen LogP contribution in [0.4, 0.5) is 0 Å². The van der Waals surface area contributed by atoms with Crippen LogP contribution in [0, 0.1) is 0 Å². The second-order valence-electron chi connectivity index (χ2n) is 6.12. The van der Waals surface area contributed by atoms with Crippen molar-refractivity contribution in [3.8, 4) is 33.8 Å². The Bertz CT molecular complexity index is 973. The summed E-state index contributed by atoms with van der Waals surface area (Å²) < 4.78 is 8.41. The lowest BCUT2D eigenvalue weighted by molar-refractivity contribution is 0.485. The minimum Gasteiger partial charge on any atom is -0.456 e. The molecular formula is C24H16Br2O. The van der Waals surface area contributed by atoms with Gasteiger partial charge in [-0.05, 0) is 47.5 Å². The minimum absolute atomic E-state index is 0.811. The molecule has 0 bridgehead atoms. The summed E-state index contributed by atoms with van der Waals surface area (Å²) in [6, 6.07) is 32.8. The Morgan fingerprint density at radius 2 is 0.889 bits per heavy atom. The molecule has 0 spiro atoms. The highest BCUT2D eigenvalue weighted by Gasteiger charge is 2.12. The van der Waals surface area contributed by atoms with Crippen molar-refractivity contribution in [3.05, 3.63) is 106 Å². The Balaban J connectivity index is 1.82. The minimum atomic E-state index is 0.811. The highest BCUT2D eigenvalue weighted by atomic mass is 79.9. The molecule has 0 fully saturated rings. The van der Waals surface area contributed by atoms with Gasteiger partial charge in [0.15, 0.2) is 0 Å². The molecular weight excluding hydrogens is 464 g/mol. The topological polar surface area (TPSA) is 9.23 Å². The van der Waals surface area contributed by atoms with Crippen molar-refractivity contribution in [2.45, 2.75) is 0 Å². The first-order valence-corrected chi connectivity index (χ1v) is 10.2. The van der Waals surface area contributed by atoms with Crippen LogP contribution in [0.25, 0.3) is 22.3 Å². The van der Waals surface area contributed by atoms with Crippen molar-refractivity contribution >= 4 is 31.9 Å². The molecule has 0 saturated carbocycles. The van der Waals surface area contributed by atoms with Crippen molar-refractivity contribution in [3.63, 3.8) is 0 Å². The van der Waals surface area contributed by atoms with E-state index in [1.54, 1.807) is 0 Å². The molecule has 4 aromatic rings. The molecule has 3 heteroatoms. The summed E-state index contributed by atoms with van der Waals surface area (Å²) in [5.74, 6) is 1.62. The van der Waals surface area contributed by atoms with Gasteiger partial charge in [-0.2, -0.15) is 0 Å². The lowest BCUT2D eigenvalue weighted by atomic mass is 10.0. The largest absolute Gasteiger partial charge is 0.456 e. The molecule has 0 heterocycles. The van der Waals surface area contributed by atoms with Crippen LogP contribution in [0.5, 0.6) is 11.5 Å². The van der Waals surface area contributed by atoms with Crippen molar-refractivity contribution in [1.82, 2.24) is 0 Å². The third-order valence-corrected chi connectivity index (χ3v) is 5.26. The number of rotatable bonds is 4. The zero-order chi connectivity index (χ0) is 18.6. The average Bonchev–Trinajstić information content (AvgIpc) is 2.70. The highest BCUT2D eigenvalue weighted by Crippen LogP contribution is 2.40. The van der Waals surface area contributed by atoms with E-state index in [0.717, 1.165) is 42.7 Å². The molecule has 1 nitrogen and oxygen atoms in total. The number of hydrogen-bond acceptors (Lipinski definition) is 1. The van der Waals surface area contributed by atoms with E-state index in [-0.39, 0.29) is 0 Å². The maximum atomic E-state index is 6.45. The zero-order valence-electron chi connectivity index (χ0n) is 14.4. The van der Waals surface area contributed by atoms with E-state index in [9.17, 15) is 0 Å². The van der Waals surface area contributed by atoms with Gasteiger partial charge in [-0.15, -0.1) is 0 Å². The van der Waals surface area contributed by atoms with Crippen molar-refractivity contribution in [2.24, 2.45) is 0 Å². The lowest BCUT2D eigenvalue weighted by Crippen LogP contribution is -1.92. The SMILES string of the molecule is Brc1ccc(-c2ccccc2)c(Oc2cc(Br)ccc2-c2ccccc2)c1. The first-order valence-electron chi connectivity index (χ1n) is 8.58. The van der Waals surface area contributed by atoms with Crippen molar-refractivity contribution in [2.75, 3.05) is 0 Å². The van der Waals surface area contributed by atoms with E-state index in [0.29, 0.717) is 0 Å². The second-order valence-corrected chi connectivity index (χ2v) is 7.95. The fourth-order valence-electron chi connectivity index (χ4n) is 2.99. The van der Waals surface area contributed by atoms with E-state index >= 15 is 0 Å². The second kappa shape index (κ2) is 8.12. The molecule has 0 radical (unpaired) electrons. The fraction of sp³-hybridized carbons (Fsp3) is 0. The number of halogens is 2. The molecule has 0 aliphatic rings. The molecule has 27 heavy (non-hydrogen) atoms. The van der Waals surface area contributed by atoms with Crippen LogP contribution < -0.4 is 4.74 Å². The predicted molar refractivity (Wildman–Crippen MR) is 119 cm³/mol. The molecule has 0 atom stereocenters. The third kappa shape index (κ3) is 4.15. The van der Waals surface area contributed by atoms with E-state index in [1.807, 2.05) is 60.7 Å². The van der Waals surface area contributed by atoms with Gasteiger partial charge in [-0.3, -0.25) is 0 Å². The van der Waals surface area contributed by atoms with Gasteiger partial charge in [0, 0.05) is 20.1 Å². The van der Waals surface area contributed by atoms with Gasteiger partial charge in [0.25, 0.3) is 0 Å². The van der Waals surface area contributed by atoms with Gasteiger partial charge in [-0.1, -0.05) is 92.5 Å². The van der Waals surface area contributed by atoms with E-state index in [1.165, 1.54) is 0 Å². The predicted octanol–water partition coefficient (Wildman–Crippen LogP) is 8.34. The molecule has 4 aromatic carbocycles. The molecule has 0 aliphatic heterocycles. The standard InChI is InChI=1S/C24H16Br2O/c25-19-11-13-21(17-7-3-1-4-8-17)23(15-19)27-24-16-20(26)12-14-22(24)18-9-5-2-6-10-18/h1-16H. The summed E-state index contributed by atoms with van der Waals surface area (Å²) in [6.45, 7) is 0. The summed E-state index contributed by atoms with van der Waals surface area (Å²) in [4.78, 5) is 0. The number of hydrogen-bond donors (Lipinski definition) is 0. The smallest absolute Gasteiger partial charge is 0.136 e. The summed E-state index contributed by atoms with van der Waals surface area (Å²) in [5, 5.41) is 0. The van der Waals surface area contributed by atoms with Crippen molar-refractivity contribution < 1.29 is 4.74 Å². The maximum absolute atomic E-state index is 6.45. The monoisotopic (exact) mass is 478 g/mol. The van der Waals surface area contributed by atoms with Crippen LogP contribution in [-0.2, 0) is 0 Å². The lowest BCUT2D eigenvalue weighted by Gasteiger charge is -2.16. The van der Waals surface area contributed by atoms with Gasteiger partial charge in [-0.25, -0.2) is 0 Å². The highest BCUT2D eigenvalue weighted by molar-refractivity contribution is 9.10. The normalized spacial score (nSPS) is 10.6. The molecule has 132 valence electrons. The van der Waals surface area contributed by atoms with Crippen LogP contribution in [0.15, 0.2) is 106 Å². The Morgan fingerprint density at radius 3 is 1.30 bits per heavy atom. The van der Waals surface area contributed by atoms with Gasteiger partial charge < -0.3 is 4.74 Å². The molecule has 0 amide bonds. The zero-order valence-corrected chi connectivity index (χ0v) is 17.6. The van der Waals surface area contributed by atoms with Gasteiger partial charge in [0.2, 0.25) is 0 Å². The Hall–Kier alpha value is -2.36. The van der Waals surface area contributed by atoms with Crippen LogP contribution in [0.1, 0.15) is 0 Å². The molecule has 0 saturated heterocycles.